The summed E-state index contributed by atoms with van der Waals surface area (Å²) < 4.78 is 5.20. The molecule has 0 aliphatic rings. The van der Waals surface area contributed by atoms with Gasteiger partial charge in [0.15, 0.2) is 0 Å². The monoisotopic (exact) mass is 350 g/mol. The van der Waals surface area contributed by atoms with Gasteiger partial charge in [-0.05, 0) is 29.7 Å². The van der Waals surface area contributed by atoms with Crippen LogP contribution in [-0.4, -0.2) is 27.5 Å². The molecule has 2 rings (SSSR count). The third-order valence-corrected chi connectivity index (χ3v) is 3.07. The molecule has 0 saturated heterocycles. The fourth-order valence-corrected chi connectivity index (χ4v) is 1.93. The molecule has 0 bridgehead atoms. The van der Waals surface area contributed by atoms with Crippen molar-refractivity contribution in [2.45, 2.75) is 13.8 Å². The number of nitrogens with zero attached hydrogens (tertiary/aromatic N) is 3. The molecule has 0 radical (unpaired) electrons. The van der Waals surface area contributed by atoms with Gasteiger partial charge in [0.25, 0.3) is 0 Å². The van der Waals surface area contributed by atoms with Gasteiger partial charge < -0.3 is 10.1 Å². The Morgan fingerprint density at radius 3 is 2.79 bits per heavy atom. The first-order chi connectivity index (χ1) is 11.4. The van der Waals surface area contributed by atoms with Crippen LogP contribution < -0.4 is 5.32 Å². The highest BCUT2D eigenvalue weighted by molar-refractivity contribution is 6.28. The Morgan fingerprint density at radius 1 is 1.42 bits per heavy atom. The number of carbonyl (C=O) groups excluding carboxylic acids is 1. The van der Waals surface area contributed by atoms with Gasteiger partial charge in [0.1, 0.15) is 6.20 Å². The maximum atomic E-state index is 12.2. The molecule has 24 heavy (non-hydrogen) atoms. The number of carbonyl (C=O) groups is 1. The zero-order valence-corrected chi connectivity index (χ0v) is 13.8. The zero-order chi connectivity index (χ0) is 17.7. The summed E-state index contributed by atoms with van der Waals surface area (Å²) in [4.78, 5) is 30.0. The van der Waals surface area contributed by atoms with Crippen LogP contribution in [0.25, 0.3) is 0 Å². The van der Waals surface area contributed by atoms with Crippen LogP contribution in [0.15, 0.2) is 30.5 Å². The van der Waals surface area contributed by atoms with Gasteiger partial charge >= 0.3 is 11.7 Å². The van der Waals surface area contributed by atoms with Gasteiger partial charge in [0.05, 0.1) is 22.8 Å². The van der Waals surface area contributed by atoms with Crippen molar-refractivity contribution < 1.29 is 14.5 Å². The third kappa shape index (κ3) is 4.39. The molecule has 0 fully saturated rings. The molecule has 0 saturated carbocycles. The Kier molecular flexibility index (Phi) is 5.64. The molecule has 0 spiro atoms. The van der Waals surface area contributed by atoms with Crippen LogP contribution in [0.4, 0.5) is 17.2 Å². The Balaban J connectivity index is 2.33. The number of para-hydroxylation sites is 1. The van der Waals surface area contributed by atoms with E-state index in [0.29, 0.717) is 5.69 Å². The summed E-state index contributed by atoms with van der Waals surface area (Å²) in [7, 11) is 0. The molecule has 1 aromatic heterocycles. The minimum absolute atomic E-state index is 0.107. The summed E-state index contributed by atoms with van der Waals surface area (Å²) in [6, 6.07) is 6.49. The highest BCUT2D eigenvalue weighted by Gasteiger charge is 2.20. The van der Waals surface area contributed by atoms with Crippen molar-refractivity contribution in [3.8, 4) is 0 Å². The van der Waals surface area contributed by atoms with Crippen molar-refractivity contribution in [3.05, 3.63) is 51.4 Å². The van der Waals surface area contributed by atoms with Crippen molar-refractivity contribution in [1.82, 2.24) is 9.97 Å². The lowest BCUT2D eigenvalue weighted by Crippen LogP contribution is -2.12. The largest absolute Gasteiger partial charge is 0.462 e. The number of hydrogen-bond donors (Lipinski definition) is 1. The number of benzene rings is 1. The first-order valence-corrected chi connectivity index (χ1v) is 7.46. The van der Waals surface area contributed by atoms with Crippen LogP contribution >= 0.6 is 11.6 Å². The fraction of sp³-hybridized carbons (Fsp3) is 0.267. The van der Waals surface area contributed by atoms with E-state index in [-0.39, 0.29) is 34.9 Å². The predicted octanol–water partition coefficient (Wildman–Crippen LogP) is 3.59. The van der Waals surface area contributed by atoms with Gasteiger partial charge in [-0.3, -0.25) is 10.1 Å². The number of hydrogen-bond acceptors (Lipinski definition) is 7. The van der Waals surface area contributed by atoms with Crippen LogP contribution in [-0.2, 0) is 4.74 Å². The second kappa shape index (κ2) is 7.69. The second-order valence-corrected chi connectivity index (χ2v) is 5.63. The molecule has 0 atom stereocenters. The van der Waals surface area contributed by atoms with E-state index in [1.165, 1.54) is 0 Å². The molecule has 1 aromatic carbocycles. The molecule has 1 heterocycles. The summed E-state index contributed by atoms with van der Waals surface area (Å²) in [5.74, 6) is -0.449. The van der Waals surface area contributed by atoms with Gasteiger partial charge in [-0.2, -0.15) is 4.98 Å². The summed E-state index contributed by atoms with van der Waals surface area (Å²) >= 11 is 5.70. The highest BCUT2D eigenvalue weighted by atomic mass is 35.5. The smallest absolute Gasteiger partial charge is 0.340 e. The van der Waals surface area contributed by atoms with E-state index in [2.05, 4.69) is 15.3 Å². The second-order valence-electron chi connectivity index (χ2n) is 5.29. The summed E-state index contributed by atoms with van der Waals surface area (Å²) in [6.07, 6.45) is 0.997. The van der Waals surface area contributed by atoms with Crippen molar-refractivity contribution in [2.75, 3.05) is 11.9 Å². The number of rotatable bonds is 6. The van der Waals surface area contributed by atoms with Crippen molar-refractivity contribution in [1.29, 1.82) is 0 Å². The van der Waals surface area contributed by atoms with E-state index in [9.17, 15) is 14.9 Å². The predicted molar refractivity (Wildman–Crippen MR) is 88.5 cm³/mol. The molecule has 126 valence electrons. The minimum atomic E-state index is -0.641. The SMILES string of the molecule is CC(C)COC(=O)c1ccccc1Nc1nc(Cl)ncc1[N+](=O)[O-]. The number of halogens is 1. The lowest BCUT2D eigenvalue weighted by Gasteiger charge is -2.12. The van der Waals surface area contributed by atoms with E-state index in [0.717, 1.165) is 6.20 Å². The van der Waals surface area contributed by atoms with Gasteiger partial charge in [-0.25, -0.2) is 9.78 Å². The molecule has 9 heteroatoms. The van der Waals surface area contributed by atoms with E-state index in [1.807, 2.05) is 13.8 Å². The highest BCUT2D eigenvalue weighted by Crippen LogP contribution is 2.27. The quantitative estimate of drug-likeness (QED) is 0.367. The van der Waals surface area contributed by atoms with Gasteiger partial charge in [0.2, 0.25) is 11.1 Å². The van der Waals surface area contributed by atoms with E-state index >= 15 is 0 Å². The zero-order valence-electron chi connectivity index (χ0n) is 13.0. The van der Waals surface area contributed by atoms with Crippen LogP contribution in [0.2, 0.25) is 5.28 Å². The topological polar surface area (TPSA) is 107 Å². The summed E-state index contributed by atoms with van der Waals surface area (Å²) in [5, 5.41) is 13.7. The van der Waals surface area contributed by atoms with E-state index in [1.54, 1.807) is 24.3 Å². The summed E-state index contributed by atoms with van der Waals surface area (Å²) in [6.45, 7) is 4.11. The average Bonchev–Trinajstić information content (AvgIpc) is 2.53. The molecular formula is C15H15ClN4O4. The van der Waals surface area contributed by atoms with Crippen molar-refractivity contribution >= 4 is 34.8 Å². The fourth-order valence-electron chi connectivity index (χ4n) is 1.80. The normalized spacial score (nSPS) is 10.5. The molecule has 2 aromatic rings. The first-order valence-electron chi connectivity index (χ1n) is 7.08. The van der Waals surface area contributed by atoms with Crippen molar-refractivity contribution in [2.24, 2.45) is 5.92 Å². The Morgan fingerprint density at radius 2 is 2.12 bits per heavy atom. The van der Waals surface area contributed by atoms with E-state index in [4.69, 9.17) is 16.3 Å². The average molecular weight is 351 g/mol. The van der Waals surface area contributed by atoms with E-state index < -0.39 is 10.9 Å². The maximum Gasteiger partial charge on any atom is 0.340 e. The standard InChI is InChI=1S/C15H15ClN4O4/c1-9(2)8-24-14(21)10-5-3-4-6-11(10)18-13-12(20(22)23)7-17-15(16)19-13/h3-7,9H,8H2,1-2H3,(H,17,18,19). The Bertz CT molecular complexity index is 767. The van der Waals surface area contributed by atoms with Crippen LogP contribution in [0.5, 0.6) is 0 Å². The lowest BCUT2D eigenvalue weighted by molar-refractivity contribution is -0.384. The van der Waals surface area contributed by atoms with Gasteiger partial charge in [-0.15, -0.1) is 0 Å². The first kappa shape index (κ1) is 17.6. The molecule has 1 N–H and O–H groups in total. The number of anilines is 2. The molecule has 0 unspecified atom stereocenters. The number of esters is 1. The molecule has 0 aliphatic heterocycles. The van der Waals surface area contributed by atoms with Crippen LogP contribution in [0.3, 0.4) is 0 Å². The molecule has 0 aliphatic carbocycles. The van der Waals surface area contributed by atoms with Crippen molar-refractivity contribution in [3.63, 3.8) is 0 Å². The number of nitrogens with one attached hydrogen (secondary N) is 1. The molecule has 0 amide bonds. The Hall–Kier alpha value is -2.74. The number of nitro groups is 1. The van der Waals surface area contributed by atoms with Crippen LogP contribution in [0, 0.1) is 16.0 Å². The maximum absolute atomic E-state index is 12.2. The molecular weight excluding hydrogens is 336 g/mol. The third-order valence-electron chi connectivity index (χ3n) is 2.88. The van der Waals surface area contributed by atoms with Gasteiger partial charge in [0, 0.05) is 0 Å². The minimum Gasteiger partial charge on any atom is -0.462 e. The number of ether oxygens (including phenoxy) is 1. The number of aromatic nitrogens is 2. The van der Waals surface area contributed by atoms with Gasteiger partial charge in [-0.1, -0.05) is 26.0 Å². The summed E-state index contributed by atoms with van der Waals surface area (Å²) in [5.41, 5.74) is 0.205. The Labute approximate surface area is 143 Å². The lowest BCUT2D eigenvalue weighted by atomic mass is 10.1. The molecule has 8 nitrogen and oxygen atoms in total. The van der Waals surface area contributed by atoms with Crippen LogP contribution in [0.1, 0.15) is 24.2 Å².